The SMILES string of the molecule is CCCNc1cc(N(C)c2ccc(C)cc2C)ncn1. The predicted molar refractivity (Wildman–Crippen MR) is 84.8 cm³/mol. The number of anilines is 3. The lowest BCUT2D eigenvalue weighted by Gasteiger charge is -2.21. The highest BCUT2D eigenvalue weighted by Crippen LogP contribution is 2.26. The summed E-state index contributed by atoms with van der Waals surface area (Å²) in [6, 6.07) is 8.42. The third-order valence-electron chi connectivity index (χ3n) is 3.27. The number of hydrogen-bond acceptors (Lipinski definition) is 4. The van der Waals surface area contributed by atoms with E-state index in [-0.39, 0.29) is 0 Å². The van der Waals surface area contributed by atoms with Gasteiger partial charge in [0.15, 0.2) is 0 Å². The third-order valence-corrected chi connectivity index (χ3v) is 3.27. The van der Waals surface area contributed by atoms with Crippen LogP contribution >= 0.6 is 0 Å². The summed E-state index contributed by atoms with van der Waals surface area (Å²) in [4.78, 5) is 10.7. The Kier molecular flexibility index (Phi) is 4.56. The van der Waals surface area contributed by atoms with Gasteiger partial charge in [-0.05, 0) is 31.9 Å². The van der Waals surface area contributed by atoms with Crippen molar-refractivity contribution in [1.29, 1.82) is 0 Å². The molecule has 1 aromatic carbocycles. The van der Waals surface area contributed by atoms with Gasteiger partial charge in [-0.2, -0.15) is 0 Å². The average molecular weight is 270 g/mol. The van der Waals surface area contributed by atoms with Crippen LogP contribution in [0.3, 0.4) is 0 Å². The number of rotatable bonds is 5. The van der Waals surface area contributed by atoms with Crippen molar-refractivity contribution in [2.24, 2.45) is 0 Å². The highest BCUT2D eigenvalue weighted by Gasteiger charge is 2.09. The second-order valence-corrected chi connectivity index (χ2v) is 5.04. The highest BCUT2D eigenvalue weighted by atomic mass is 15.2. The molecule has 0 radical (unpaired) electrons. The Morgan fingerprint density at radius 1 is 1.15 bits per heavy atom. The highest BCUT2D eigenvalue weighted by molar-refractivity contribution is 5.65. The molecule has 0 atom stereocenters. The Morgan fingerprint density at radius 2 is 1.95 bits per heavy atom. The molecule has 4 heteroatoms. The van der Waals surface area contributed by atoms with E-state index in [0.717, 1.165) is 30.3 Å². The van der Waals surface area contributed by atoms with E-state index in [1.807, 2.05) is 13.1 Å². The zero-order valence-corrected chi connectivity index (χ0v) is 12.6. The van der Waals surface area contributed by atoms with Crippen molar-refractivity contribution in [3.8, 4) is 0 Å². The molecule has 0 fully saturated rings. The van der Waals surface area contributed by atoms with Crippen molar-refractivity contribution in [2.45, 2.75) is 27.2 Å². The van der Waals surface area contributed by atoms with Crippen LogP contribution in [0, 0.1) is 13.8 Å². The Balaban J connectivity index is 2.26. The maximum atomic E-state index is 4.36. The third kappa shape index (κ3) is 3.26. The fraction of sp³-hybridized carbons (Fsp3) is 0.375. The van der Waals surface area contributed by atoms with E-state index < -0.39 is 0 Å². The smallest absolute Gasteiger partial charge is 0.138 e. The zero-order chi connectivity index (χ0) is 14.5. The molecule has 20 heavy (non-hydrogen) atoms. The lowest BCUT2D eigenvalue weighted by Crippen LogP contribution is -2.13. The summed E-state index contributed by atoms with van der Waals surface area (Å²) >= 11 is 0. The van der Waals surface area contributed by atoms with Gasteiger partial charge in [0, 0.05) is 25.3 Å². The normalized spacial score (nSPS) is 10.4. The monoisotopic (exact) mass is 270 g/mol. The van der Waals surface area contributed by atoms with Gasteiger partial charge in [-0.1, -0.05) is 24.6 Å². The van der Waals surface area contributed by atoms with Crippen LogP contribution in [-0.4, -0.2) is 23.6 Å². The Morgan fingerprint density at radius 3 is 2.65 bits per heavy atom. The minimum atomic E-state index is 0.869. The van der Waals surface area contributed by atoms with Gasteiger partial charge in [0.2, 0.25) is 0 Å². The van der Waals surface area contributed by atoms with E-state index >= 15 is 0 Å². The molecular weight excluding hydrogens is 248 g/mol. The first-order valence-corrected chi connectivity index (χ1v) is 6.98. The van der Waals surface area contributed by atoms with Crippen LogP contribution < -0.4 is 10.2 Å². The fourth-order valence-corrected chi connectivity index (χ4v) is 2.19. The summed E-state index contributed by atoms with van der Waals surface area (Å²) in [6.07, 6.45) is 2.68. The van der Waals surface area contributed by atoms with Crippen LogP contribution in [0.4, 0.5) is 17.3 Å². The molecule has 4 nitrogen and oxygen atoms in total. The van der Waals surface area contributed by atoms with Crippen molar-refractivity contribution in [2.75, 3.05) is 23.8 Å². The molecule has 1 heterocycles. The van der Waals surface area contributed by atoms with E-state index in [1.54, 1.807) is 6.33 Å². The molecule has 106 valence electrons. The van der Waals surface area contributed by atoms with Gasteiger partial charge >= 0.3 is 0 Å². The summed E-state index contributed by atoms with van der Waals surface area (Å²) in [6.45, 7) is 7.28. The molecule has 0 aliphatic carbocycles. The molecular formula is C16H22N4. The van der Waals surface area contributed by atoms with E-state index in [4.69, 9.17) is 0 Å². The van der Waals surface area contributed by atoms with E-state index in [0.29, 0.717) is 0 Å². The number of nitrogens with zero attached hydrogens (tertiary/aromatic N) is 3. The van der Waals surface area contributed by atoms with Crippen LogP contribution in [0.1, 0.15) is 24.5 Å². The topological polar surface area (TPSA) is 41.0 Å². The standard InChI is InChI=1S/C16H22N4/c1-5-8-17-15-10-16(19-11-18-15)20(4)14-7-6-12(2)9-13(14)3/h6-7,9-11H,5,8H2,1-4H3,(H,17,18,19). The molecule has 0 aliphatic heterocycles. The van der Waals surface area contributed by atoms with Crippen molar-refractivity contribution >= 4 is 17.3 Å². The van der Waals surface area contributed by atoms with E-state index in [9.17, 15) is 0 Å². The van der Waals surface area contributed by atoms with Crippen molar-refractivity contribution in [1.82, 2.24) is 9.97 Å². The maximum Gasteiger partial charge on any atom is 0.138 e. The van der Waals surface area contributed by atoms with Crippen LogP contribution in [0.2, 0.25) is 0 Å². The average Bonchev–Trinajstić information content (AvgIpc) is 2.45. The summed E-state index contributed by atoms with van der Waals surface area (Å²) < 4.78 is 0. The molecule has 0 unspecified atom stereocenters. The molecule has 0 spiro atoms. The Bertz CT molecular complexity index is 580. The van der Waals surface area contributed by atoms with Crippen LogP contribution in [0.5, 0.6) is 0 Å². The molecule has 0 amide bonds. The van der Waals surface area contributed by atoms with Gasteiger partial charge in [0.1, 0.15) is 18.0 Å². The molecule has 0 saturated heterocycles. The van der Waals surface area contributed by atoms with Crippen molar-refractivity contribution in [3.05, 3.63) is 41.7 Å². The van der Waals surface area contributed by atoms with E-state index in [2.05, 4.69) is 59.2 Å². The van der Waals surface area contributed by atoms with Crippen molar-refractivity contribution in [3.63, 3.8) is 0 Å². The predicted octanol–water partition coefficient (Wildman–Crippen LogP) is 3.68. The molecule has 0 bridgehead atoms. The van der Waals surface area contributed by atoms with Gasteiger partial charge in [0.25, 0.3) is 0 Å². The lowest BCUT2D eigenvalue weighted by atomic mass is 10.1. The van der Waals surface area contributed by atoms with Gasteiger partial charge in [0.05, 0.1) is 0 Å². The van der Waals surface area contributed by atoms with E-state index in [1.165, 1.54) is 11.1 Å². The minimum Gasteiger partial charge on any atom is -0.370 e. The zero-order valence-electron chi connectivity index (χ0n) is 12.6. The summed E-state index contributed by atoms with van der Waals surface area (Å²) in [5, 5.41) is 3.29. The maximum absolute atomic E-state index is 4.36. The summed E-state index contributed by atoms with van der Waals surface area (Å²) in [5.41, 5.74) is 3.68. The lowest BCUT2D eigenvalue weighted by molar-refractivity contribution is 0.961. The second-order valence-electron chi connectivity index (χ2n) is 5.04. The quantitative estimate of drug-likeness (QED) is 0.899. The molecule has 2 aromatic rings. The first-order chi connectivity index (χ1) is 9.61. The largest absolute Gasteiger partial charge is 0.370 e. The van der Waals surface area contributed by atoms with Gasteiger partial charge in [-0.25, -0.2) is 9.97 Å². The molecule has 0 saturated carbocycles. The Labute approximate surface area is 120 Å². The summed E-state index contributed by atoms with van der Waals surface area (Å²) in [5.74, 6) is 1.76. The van der Waals surface area contributed by atoms with Crippen LogP contribution in [0.15, 0.2) is 30.6 Å². The first kappa shape index (κ1) is 14.3. The van der Waals surface area contributed by atoms with Crippen LogP contribution in [-0.2, 0) is 0 Å². The first-order valence-electron chi connectivity index (χ1n) is 6.98. The van der Waals surface area contributed by atoms with Gasteiger partial charge in [-0.15, -0.1) is 0 Å². The molecule has 2 rings (SSSR count). The van der Waals surface area contributed by atoms with Gasteiger partial charge < -0.3 is 10.2 Å². The molecule has 0 aliphatic rings. The minimum absolute atomic E-state index is 0.869. The van der Waals surface area contributed by atoms with Gasteiger partial charge in [-0.3, -0.25) is 0 Å². The second kappa shape index (κ2) is 6.37. The number of benzene rings is 1. The number of nitrogens with one attached hydrogen (secondary N) is 1. The number of hydrogen-bond donors (Lipinski definition) is 1. The number of aryl methyl sites for hydroxylation is 2. The fourth-order valence-electron chi connectivity index (χ4n) is 2.19. The Hall–Kier alpha value is -2.10. The molecule has 1 N–H and O–H groups in total. The van der Waals surface area contributed by atoms with Crippen molar-refractivity contribution < 1.29 is 0 Å². The molecule has 1 aromatic heterocycles. The summed E-state index contributed by atoms with van der Waals surface area (Å²) in [7, 11) is 2.03. The number of aromatic nitrogens is 2. The van der Waals surface area contributed by atoms with Crippen LogP contribution in [0.25, 0.3) is 0 Å².